The summed E-state index contributed by atoms with van der Waals surface area (Å²) < 4.78 is 19.4. The quantitative estimate of drug-likeness (QED) is 0.534. The molecule has 3 radical (unpaired) electrons. The number of ether oxygens (including phenoxy) is 1. The number of carbonyl (C=O) groups excluding carboxylic acids is 1. The third-order valence-electron chi connectivity index (χ3n) is 2.45. The van der Waals surface area contributed by atoms with Crippen molar-refractivity contribution < 1.29 is 24.1 Å². The van der Waals surface area contributed by atoms with Crippen LogP contribution in [0.2, 0.25) is 0 Å². The molecule has 0 atom stereocenters. The molecule has 0 aliphatic heterocycles. The highest BCUT2D eigenvalue weighted by molar-refractivity contribution is 5.75. The normalized spacial score (nSPS) is 9.50. The zero-order valence-electron chi connectivity index (χ0n) is 10.5. The van der Waals surface area contributed by atoms with Crippen LogP contribution >= 0.6 is 0 Å². The van der Waals surface area contributed by atoms with Gasteiger partial charge in [-0.2, -0.15) is 5.26 Å². The first-order valence-corrected chi connectivity index (χ1v) is 5.55. The molecule has 0 aliphatic rings. The molecule has 0 unspecified atom stereocenters. The SMILES string of the molecule is O=C(Cc1cccc(Oc2ccccc2)c1F)OO.[Al]. The number of benzene rings is 2. The highest BCUT2D eigenvalue weighted by Crippen LogP contribution is 2.26. The van der Waals surface area contributed by atoms with Gasteiger partial charge in [-0.05, 0) is 18.2 Å². The molecular weight excluding hydrogens is 278 g/mol. The maximum Gasteiger partial charge on any atom is 0.346 e. The fourth-order valence-corrected chi connectivity index (χ4v) is 1.57. The molecule has 0 aromatic heterocycles. The Bertz CT molecular complexity index is 575. The maximum atomic E-state index is 14.0. The van der Waals surface area contributed by atoms with Crippen LogP contribution in [0.1, 0.15) is 5.56 Å². The van der Waals surface area contributed by atoms with E-state index in [1.54, 1.807) is 30.3 Å². The average molecular weight is 289 g/mol. The first-order valence-electron chi connectivity index (χ1n) is 5.55. The molecule has 0 heterocycles. The van der Waals surface area contributed by atoms with E-state index in [1.807, 2.05) is 6.07 Å². The molecule has 1 N–H and O–H groups in total. The Labute approximate surface area is 125 Å². The van der Waals surface area contributed by atoms with Crippen molar-refractivity contribution in [3.05, 3.63) is 59.9 Å². The van der Waals surface area contributed by atoms with Crippen molar-refractivity contribution in [1.82, 2.24) is 0 Å². The van der Waals surface area contributed by atoms with Gasteiger partial charge in [-0.3, -0.25) is 0 Å². The van der Waals surface area contributed by atoms with Crippen LogP contribution in [-0.2, 0) is 16.1 Å². The van der Waals surface area contributed by atoms with E-state index in [9.17, 15) is 9.18 Å². The van der Waals surface area contributed by atoms with Crippen LogP contribution in [-0.4, -0.2) is 28.6 Å². The first-order chi connectivity index (χ1) is 9.20. The van der Waals surface area contributed by atoms with E-state index >= 15 is 0 Å². The Hall–Kier alpha value is -1.87. The van der Waals surface area contributed by atoms with E-state index in [2.05, 4.69) is 4.89 Å². The summed E-state index contributed by atoms with van der Waals surface area (Å²) in [5.41, 5.74) is 0.0903. The van der Waals surface area contributed by atoms with Gasteiger partial charge < -0.3 is 9.62 Å². The maximum absolute atomic E-state index is 14.0. The minimum Gasteiger partial charge on any atom is -0.454 e. The van der Waals surface area contributed by atoms with E-state index in [4.69, 9.17) is 9.99 Å². The number of hydrogen-bond donors (Lipinski definition) is 1. The van der Waals surface area contributed by atoms with Crippen molar-refractivity contribution >= 4 is 23.3 Å². The summed E-state index contributed by atoms with van der Waals surface area (Å²) in [6.45, 7) is 0. The summed E-state index contributed by atoms with van der Waals surface area (Å²) in [6, 6.07) is 13.2. The number of para-hydroxylation sites is 1. The Kier molecular flexibility index (Phi) is 6.20. The van der Waals surface area contributed by atoms with Gasteiger partial charge in [0.1, 0.15) is 5.75 Å². The van der Waals surface area contributed by atoms with Gasteiger partial charge >= 0.3 is 5.97 Å². The summed E-state index contributed by atoms with van der Waals surface area (Å²) >= 11 is 0. The summed E-state index contributed by atoms with van der Waals surface area (Å²) in [7, 11) is 0. The van der Waals surface area contributed by atoms with E-state index in [0.29, 0.717) is 5.75 Å². The topological polar surface area (TPSA) is 55.8 Å². The lowest BCUT2D eigenvalue weighted by Crippen LogP contribution is -2.07. The van der Waals surface area contributed by atoms with Gasteiger partial charge in [0, 0.05) is 22.9 Å². The molecule has 0 bridgehead atoms. The van der Waals surface area contributed by atoms with Crippen molar-refractivity contribution in [3.8, 4) is 11.5 Å². The molecule has 2 rings (SSSR count). The lowest BCUT2D eigenvalue weighted by molar-refractivity contribution is -0.233. The van der Waals surface area contributed by atoms with Crippen molar-refractivity contribution in [2.75, 3.05) is 0 Å². The van der Waals surface area contributed by atoms with E-state index in [-0.39, 0.29) is 35.1 Å². The van der Waals surface area contributed by atoms with Gasteiger partial charge in [0.25, 0.3) is 0 Å². The van der Waals surface area contributed by atoms with Crippen LogP contribution in [0.5, 0.6) is 11.5 Å². The largest absolute Gasteiger partial charge is 0.454 e. The second-order valence-electron chi connectivity index (χ2n) is 3.78. The summed E-state index contributed by atoms with van der Waals surface area (Å²) in [5.74, 6) is -1.09. The van der Waals surface area contributed by atoms with E-state index in [0.717, 1.165) is 0 Å². The monoisotopic (exact) mass is 289 g/mol. The lowest BCUT2D eigenvalue weighted by Gasteiger charge is -2.09. The van der Waals surface area contributed by atoms with Crippen molar-refractivity contribution in [3.63, 3.8) is 0 Å². The Morgan fingerprint density at radius 1 is 1.10 bits per heavy atom. The highest BCUT2D eigenvalue weighted by Gasteiger charge is 2.14. The second kappa shape index (κ2) is 7.66. The Morgan fingerprint density at radius 2 is 1.80 bits per heavy atom. The molecule has 0 spiro atoms. The van der Waals surface area contributed by atoms with Gasteiger partial charge in [0.05, 0.1) is 6.42 Å². The van der Waals surface area contributed by atoms with Gasteiger partial charge in [-0.25, -0.2) is 9.18 Å². The van der Waals surface area contributed by atoms with Gasteiger partial charge in [-0.1, -0.05) is 30.3 Å². The predicted octanol–water partition coefficient (Wildman–Crippen LogP) is 2.80. The molecule has 2 aromatic carbocycles. The molecule has 0 aliphatic carbocycles. The molecule has 0 saturated heterocycles. The molecule has 20 heavy (non-hydrogen) atoms. The molecule has 0 saturated carbocycles. The third kappa shape index (κ3) is 4.07. The summed E-state index contributed by atoms with van der Waals surface area (Å²) in [6.07, 6.45) is -0.367. The standard InChI is InChI=1S/C14H11FO4.Al/c15-14-10(9-13(16)19-17)5-4-8-12(14)18-11-6-2-1-3-7-11;/h1-8,17H,9H2;. The number of rotatable bonds is 4. The Morgan fingerprint density at radius 3 is 2.45 bits per heavy atom. The smallest absolute Gasteiger partial charge is 0.346 e. The van der Waals surface area contributed by atoms with Crippen LogP contribution in [0.3, 0.4) is 0 Å². The molecule has 6 heteroatoms. The van der Waals surface area contributed by atoms with Crippen molar-refractivity contribution in [2.24, 2.45) is 0 Å². The van der Waals surface area contributed by atoms with E-state index in [1.165, 1.54) is 12.1 Å². The minimum absolute atomic E-state index is 0. The fraction of sp³-hybridized carbons (Fsp3) is 0.0714. The molecule has 101 valence electrons. The number of hydrogen-bond acceptors (Lipinski definition) is 4. The van der Waals surface area contributed by atoms with Crippen molar-refractivity contribution in [1.29, 1.82) is 0 Å². The van der Waals surface area contributed by atoms with Gasteiger partial charge in [0.15, 0.2) is 11.6 Å². The molecular formula is C14H11AlFO4. The summed E-state index contributed by atoms with van der Waals surface area (Å²) in [4.78, 5) is 14.4. The van der Waals surface area contributed by atoms with Gasteiger partial charge in [0.2, 0.25) is 0 Å². The van der Waals surface area contributed by atoms with Crippen LogP contribution in [0.4, 0.5) is 4.39 Å². The highest BCUT2D eigenvalue weighted by atomic mass is 27.0. The molecule has 4 nitrogen and oxygen atoms in total. The second-order valence-corrected chi connectivity index (χ2v) is 3.78. The number of carbonyl (C=O) groups is 1. The predicted molar refractivity (Wildman–Crippen MR) is 71.1 cm³/mol. The van der Waals surface area contributed by atoms with Crippen LogP contribution in [0, 0.1) is 5.82 Å². The fourth-order valence-electron chi connectivity index (χ4n) is 1.57. The molecule has 0 amide bonds. The Balaban J connectivity index is 0.00000200. The molecule has 0 fully saturated rings. The zero-order valence-corrected chi connectivity index (χ0v) is 11.6. The third-order valence-corrected chi connectivity index (χ3v) is 2.45. The summed E-state index contributed by atoms with van der Waals surface area (Å²) in [5, 5.41) is 8.19. The first kappa shape index (κ1) is 16.2. The average Bonchev–Trinajstić information content (AvgIpc) is 2.44. The number of halogens is 1. The van der Waals surface area contributed by atoms with Crippen LogP contribution in [0.15, 0.2) is 48.5 Å². The van der Waals surface area contributed by atoms with Crippen LogP contribution in [0.25, 0.3) is 0 Å². The zero-order chi connectivity index (χ0) is 13.7. The lowest BCUT2D eigenvalue weighted by atomic mass is 10.1. The molecule has 2 aromatic rings. The van der Waals surface area contributed by atoms with Crippen molar-refractivity contribution in [2.45, 2.75) is 6.42 Å². The van der Waals surface area contributed by atoms with Crippen LogP contribution < -0.4 is 4.74 Å². The van der Waals surface area contributed by atoms with Gasteiger partial charge in [-0.15, -0.1) is 0 Å². The minimum atomic E-state index is -0.934. The van der Waals surface area contributed by atoms with E-state index < -0.39 is 11.8 Å².